The highest BCUT2D eigenvalue weighted by Crippen LogP contribution is 2.36. The van der Waals surface area contributed by atoms with Crippen LogP contribution in [0.15, 0.2) is 53.2 Å². The molecule has 1 aromatic rings. The summed E-state index contributed by atoms with van der Waals surface area (Å²) < 4.78 is 109. The molecular weight excluding hydrogens is 414 g/mol. The minimum absolute atomic E-state index is 0.458. The fraction of sp³-hybridized carbons (Fsp3) is 0.294. The number of allylic oxidation sites excluding steroid dienone is 3. The van der Waals surface area contributed by atoms with Crippen LogP contribution < -0.4 is 4.74 Å². The molecule has 0 amide bonds. The summed E-state index contributed by atoms with van der Waals surface area (Å²) in [5, 5.41) is 9.64. The lowest BCUT2D eigenvalue weighted by atomic mass is 10.0. The smallest absolute Gasteiger partial charge is 0.340 e. The van der Waals surface area contributed by atoms with Crippen LogP contribution in [0.3, 0.4) is 0 Å². The van der Waals surface area contributed by atoms with E-state index in [0.717, 1.165) is 18.2 Å². The highest BCUT2D eigenvalue weighted by atomic mass is 32.2. The van der Waals surface area contributed by atoms with Crippen LogP contribution in [-0.4, -0.2) is 31.3 Å². The molecule has 1 unspecified atom stereocenters. The Morgan fingerprint density at radius 3 is 2.25 bits per heavy atom. The molecule has 0 bridgehead atoms. The predicted octanol–water partition coefficient (Wildman–Crippen LogP) is 4.10. The molecule has 11 heteroatoms. The summed E-state index contributed by atoms with van der Waals surface area (Å²) in [6.07, 6.45) is -3.76. The summed E-state index contributed by atoms with van der Waals surface area (Å²) in [5.41, 5.74) is -0.458. The van der Waals surface area contributed by atoms with Gasteiger partial charge in [0.2, 0.25) is 9.84 Å². The average molecular weight is 428 g/mol. The van der Waals surface area contributed by atoms with E-state index in [4.69, 9.17) is 4.74 Å². The summed E-state index contributed by atoms with van der Waals surface area (Å²) >= 11 is 0. The zero-order valence-electron chi connectivity index (χ0n) is 14.0. The van der Waals surface area contributed by atoms with Gasteiger partial charge in [0.05, 0.1) is 4.91 Å². The monoisotopic (exact) mass is 428 g/mol. The summed E-state index contributed by atoms with van der Waals surface area (Å²) in [7, 11) is -5.28. The van der Waals surface area contributed by atoms with Crippen molar-refractivity contribution in [1.82, 2.24) is 0 Å². The van der Waals surface area contributed by atoms with Gasteiger partial charge in [-0.15, -0.1) is 0 Å². The minimum Gasteiger partial charge on any atom is -0.457 e. The lowest BCUT2D eigenvalue weighted by Gasteiger charge is -2.24. The van der Waals surface area contributed by atoms with Crippen molar-refractivity contribution in [3.05, 3.63) is 64.8 Å². The Morgan fingerprint density at radius 1 is 1.14 bits per heavy atom. The van der Waals surface area contributed by atoms with Crippen LogP contribution in [0.25, 0.3) is 0 Å². The molecule has 1 N–H and O–H groups in total. The molecule has 154 valence electrons. The van der Waals surface area contributed by atoms with Gasteiger partial charge in [-0.3, -0.25) is 0 Å². The molecule has 0 heterocycles. The van der Waals surface area contributed by atoms with E-state index in [-0.39, 0.29) is 0 Å². The van der Waals surface area contributed by atoms with Crippen molar-refractivity contribution in [1.29, 1.82) is 0 Å². The lowest BCUT2D eigenvalue weighted by molar-refractivity contribution is -0.105. The van der Waals surface area contributed by atoms with Crippen molar-refractivity contribution in [2.45, 2.75) is 30.6 Å². The maximum atomic E-state index is 14.1. The van der Waals surface area contributed by atoms with Gasteiger partial charge in [0, 0.05) is 31.0 Å². The van der Waals surface area contributed by atoms with Crippen molar-refractivity contribution < 1.29 is 44.6 Å². The van der Waals surface area contributed by atoms with Crippen molar-refractivity contribution in [2.24, 2.45) is 0 Å². The highest BCUT2D eigenvalue weighted by molar-refractivity contribution is 7.95. The number of alkyl halides is 4. The molecule has 0 fully saturated rings. The van der Waals surface area contributed by atoms with Gasteiger partial charge in [0.1, 0.15) is 29.2 Å². The SMILES string of the molecule is C=C1CC(F)(F)C(O)C/C(S(=O)(=O)C(F)F)=C\C=C1Oc1cc(F)cc(F)c1. The van der Waals surface area contributed by atoms with E-state index in [1.807, 2.05) is 0 Å². The standard InChI is InChI=1S/C17H14F6O4S/c1-9-8-17(22,23)15(24)7-13(28(25,26)16(20)21)2-3-14(9)27-12-5-10(18)4-11(19)6-12/h2-6,15-16,24H,1,7-8H2/b13-2+,14-3?. The number of hydrogen-bond acceptors (Lipinski definition) is 4. The second-order valence-electron chi connectivity index (χ2n) is 5.94. The predicted molar refractivity (Wildman–Crippen MR) is 87.4 cm³/mol. The molecule has 0 spiro atoms. The van der Waals surface area contributed by atoms with E-state index < -0.39 is 74.1 Å². The first-order valence-electron chi connectivity index (χ1n) is 7.64. The van der Waals surface area contributed by atoms with E-state index in [9.17, 15) is 39.9 Å². The van der Waals surface area contributed by atoms with Crippen molar-refractivity contribution in [2.75, 3.05) is 0 Å². The van der Waals surface area contributed by atoms with Crippen LogP contribution in [0.1, 0.15) is 12.8 Å². The Balaban J connectivity index is 2.54. The molecular formula is C17H14F6O4S. The molecule has 2 rings (SSSR count). The molecule has 1 aliphatic rings. The fourth-order valence-electron chi connectivity index (χ4n) is 2.33. The van der Waals surface area contributed by atoms with E-state index in [2.05, 4.69) is 6.58 Å². The van der Waals surface area contributed by atoms with Gasteiger partial charge in [0.25, 0.3) is 5.92 Å². The van der Waals surface area contributed by atoms with Crippen LogP contribution in [0.2, 0.25) is 0 Å². The van der Waals surface area contributed by atoms with Gasteiger partial charge in [-0.25, -0.2) is 26.0 Å². The van der Waals surface area contributed by atoms with Crippen LogP contribution in [0.4, 0.5) is 26.3 Å². The van der Waals surface area contributed by atoms with E-state index >= 15 is 0 Å². The Kier molecular flexibility index (Phi) is 6.29. The second kappa shape index (κ2) is 8.00. The van der Waals surface area contributed by atoms with Crippen molar-refractivity contribution in [3.8, 4) is 5.75 Å². The number of aliphatic hydroxyl groups is 1. The molecule has 0 aromatic heterocycles. The quantitative estimate of drug-likeness (QED) is 0.734. The van der Waals surface area contributed by atoms with Crippen LogP contribution in [-0.2, 0) is 9.84 Å². The topological polar surface area (TPSA) is 63.6 Å². The lowest BCUT2D eigenvalue weighted by Crippen LogP contribution is -2.35. The molecule has 1 atom stereocenters. The normalized spacial score (nSPS) is 22.6. The molecule has 0 aliphatic heterocycles. The Bertz CT molecular complexity index is 917. The molecule has 1 aliphatic carbocycles. The summed E-state index contributed by atoms with van der Waals surface area (Å²) in [6, 6.07) is 1.96. The maximum absolute atomic E-state index is 14.1. The number of ether oxygens (including phenoxy) is 1. The van der Waals surface area contributed by atoms with Crippen LogP contribution >= 0.6 is 0 Å². The minimum atomic E-state index is -5.28. The number of benzene rings is 1. The fourth-order valence-corrected chi connectivity index (χ4v) is 3.21. The highest BCUT2D eigenvalue weighted by Gasteiger charge is 2.43. The Hall–Kier alpha value is -2.27. The third-order valence-electron chi connectivity index (χ3n) is 3.76. The van der Waals surface area contributed by atoms with E-state index in [0.29, 0.717) is 12.1 Å². The average Bonchev–Trinajstić information content (AvgIpc) is 2.58. The Labute approximate surface area is 156 Å². The maximum Gasteiger partial charge on any atom is 0.340 e. The first-order valence-corrected chi connectivity index (χ1v) is 9.18. The van der Waals surface area contributed by atoms with Crippen LogP contribution in [0.5, 0.6) is 5.75 Å². The number of halogens is 6. The van der Waals surface area contributed by atoms with Gasteiger partial charge < -0.3 is 9.84 Å². The number of hydrogen-bond donors (Lipinski definition) is 1. The van der Waals surface area contributed by atoms with Crippen LogP contribution in [0, 0.1) is 11.6 Å². The van der Waals surface area contributed by atoms with Gasteiger partial charge in [-0.05, 0) is 17.7 Å². The molecule has 0 saturated carbocycles. The molecule has 0 radical (unpaired) electrons. The van der Waals surface area contributed by atoms with Gasteiger partial charge in [0.15, 0.2) is 0 Å². The number of sulfone groups is 1. The molecule has 0 saturated heterocycles. The largest absolute Gasteiger partial charge is 0.457 e. The third kappa shape index (κ3) is 4.96. The molecule has 1 aromatic carbocycles. The molecule has 28 heavy (non-hydrogen) atoms. The van der Waals surface area contributed by atoms with E-state index in [1.54, 1.807) is 0 Å². The summed E-state index contributed by atoms with van der Waals surface area (Å²) in [6.45, 7) is 3.33. The van der Waals surface area contributed by atoms with Gasteiger partial charge >= 0.3 is 5.76 Å². The third-order valence-corrected chi connectivity index (χ3v) is 5.27. The van der Waals surface area contributed by atoms with Crippen molar-refractivity contribution >= 4 is 9.84 Å². The second-order valence-corrected chi connectivity index (χ2v) is 7.91. The van der Waals surface area contributed by atoms with Gasteiger partial charge in [-0.2, -0.15) is 8.78 Å². The zero-order valence-corrected chi connectivity index (χ0v) is 14.8. The number of rotatable bonds is 4. The van der Waals surface area contributed by atoms with Crippen molar-refractivity contribution in [3.63, 3.8) is 0 Å². The van der Waals surface area contributed by atoms with Gasteiger partial charge in [-0.1, -0.05) is 6.58 Å². The first kappa shape index (κ1) is 22.0. The first-order chi connectivity index (χ1) is 12.8. The zero-order chi connectivity index (χ0) is 21.3. The summed E-state index contributed by atoms with van der Waals surface area (Å²) in [5.74, 6) is -10.9. The molecule has 4 nitrogen and oxygen atoms in total. The number of aliphatic hydroxyl groups excluding tert-OH is 1. The van der Waals surface area contributed by atoms with E-state index in [1.165, 1.54) is 0 Å². The Morgan fingerprint density at radius 2 is 1.71 bits per heavy atom. The summed E-state index contributed by atoms with van der Waals surface area (Å²) in [4.78, 5) is -1.16.